The lowest BCUT2D eigenvalue weighted by Gasteiger charge is -2.11. The summed E-state index contributed by atoms with van der Waals surface area (Å²) in [5.41, 5.74) is 3.47. The van der Waals surface area contributed by atoms with Crippen molar-refractivity contribution in [3.8, 4) is 28.7 Å². The van der Waals surface area contributed by atoms with E-state index in [2.05, 4.69) is 26.0 Å². The van der Waals surface area contributed by atoms with Crippen molar-refractivity contribution in [2.45, 2.75) is 13.2 Å². The first-order chi connectivity index (χ1) is 17.6. The number of methoxy groups -OCH3 is 1. The van der Waals surface area contributed by atoms with Gasteiger partial charge < -0.3 is 18.6 Å². The van der Waals surface area contributed by atoms with Crippen LogP contribution >= 0.6 is 27.3 Å². The maximum Gasteiger partial charge on any atom is 0.213 e. The van der Waals surface area contributed by atoms with Gasteiger partial charge in [0.25, 0.3) is 0 Å². The van der Waals surface area contributed by atoms with E-state index in [4.69, 9.17) is 18.6 Å². The maximum absolute atomic E-state index is 6.24. The zero-order valence-electron chi connectivity index (χ0n) is 19.2. The Morgan fingerprint density at radius 2 is 1.75 bits per heavy atom. The van der Waals surface area contributed by atoms with Crippen molar-refractivity contribution in [2.24, 2.45) is 0 Å². The van der Waals surface area contributed by atoms with E-state index in [-0.39, 0.29) is 0 Å². The second-order valence-electron chi connectivity index (χ2n) is 8.07. The van der Waals surface area contributed by atoms with Crippen molar-refractivity contribution in [3.05, 3.63) is 94.0 Å². The molecule has 0 saturated carbocycles. The van der Waals surface area contributed by atoms with Gasteiger partial charge in [-0.1, -0.05) is 53.8 Å². The number of halogens is 1. The molecule has 3 aromatic heterocycles. The number of fused-ring (bicyclic) bond motifs is 2. The highest BCUT2D eigenvalue weighted by Gasteiger charge is 2.17. The fraction of sp³-hybridized carbons (Fsp3) is 0.111. The van der Waals surface area contributed by atoms with E-state index in [0.717, 1.165) is 31.1 Å². The summed E-state index contributed by atoms with van der Waals surface area (Å²) in [6, 6.07) is 23.6. The van der Waals surface area contributed by atoms with Crippen LogP contribution < -0.4 is 14.2 Å². The van der Waals surface area contributed by atoms with Crippen LogP contribution in [0.3, 0.4) is 0 Å². The van der Waals surface area contributed by atoms with E-state index in [0.29, 0.717) is 41.7 Å². The molecular formula is C27H20BrN3O4S. The van der Waals surface area contributed by atoms with Gasteiger partial charge in [0.1, 0.15) is 41.7 Å². The molecule has 0 radical (unpaired) electrons. The Morgan fingerprint density at radius 3 is 2.58 bits per heavy atom. The van der Waals surface area contributed by atoms with E-state index >= 15 is 0 Å². The quantitative estimate of drug-likeness (QED) is 0.197. The summed E-state index contributed by atoms with van der Waals surface area (Å²) in [6.07, 6.45) is 1.84. The molecule has 0 spiro atoms. The molecule has 0 aliphatic heterocycles. The number of hydrogen-bond donors (Lipinski definition) is 0. The molecule has 0 amide bonds. The van der Waals surface area contributed by atoms with Crippen LogP contribution in [-0.2, 0) is 13.2 Å². The van der Waals surface area contributed by atoms with E-state index in [1.807, 2.05) is 79.0 Å². The van der Waals surface area contributed by atoms with Gasteiger partial charge in [0, 0.05) is 12.1 Å². The minimum Gasteiger partial charge on any atom is -0.496 e. The Kier molecular flexibility index (Phi) is 6.08. The molecule has 180 valence electrons. The van der Waals surface area contributed by atoms with Gasteiger partial charge in [0.15, 0.2) is 9.68 Å². The molecule has 6 aromatic rings. The summed E-state index contributed by atoms with van der Waals surface area (Å²) < 4.78 is 26.3. The molecule has 0 saturated heterocycles. The largest absolute Gasteiger partial charge is 0.496 e. The van der Waals surface area contributed by atoms with Crippen LogP contribution in [0.25, 0.3) is 27.4 Å². The van der Waals surface area contributed by atoms with Crippen molar-refractivity contribution >= 4 is 43.2 Å². The molecule has 0 aliphatic carbocycles. The van der Waals surface area contributed by atoms with Crippen molar-refractivity contribution in [1.29, 1.82) is 0 Å². The molecular weight excluding hydrogens is 542 g/mol. The predicted octanol–water partition coefficient (Wildman–Crippen LogP) is 7.13. The molecule has 3 aromatic carbocycles. The van der Waals surface area contributed by atoms with Gasteiger partial charge in [0.05, 0.1) is 18.7 Å². The SMILES string of the molecule is COc1cc(OCc2cccc(OCc3ccccc3)c2)c2cc(-c3cn4nc(Br)sc4n3)oc2c1. The first-order valence-electron chi connectivity index (χ1n) is 11.2. The van der Waals surface area contributed by atoms with Crippen LogP contribution in [0.15, 0.2) is 87.3 Å². The first kappa shape index (κ1) is 22.6. The number of nitrogens with zero attached hydrogens (tertiary/aromatic N) is 3. The average Bonchev–Trinajstić information content (AvgIpc) is 3.59. The minimum atomic E-state index is 0.365. The Labute approximate surface area is 219 Å². The highest BCUT2D eigenvalue weighted by atomic mass is 79.9. The number of rotatable bonds is 8. The summed E-state index contributed by atoms with van der Waals surface area (Å²) >= 11 is 4.84. The number of imidazole rings is 1. The van der Waals surface area contributed by atoms with Gasteiger partial charge in [0.2, 0.25) is 4.96 Å². The van der Waals surface area contributed by atoms with Gasteiger partial charge in [-0.3, -0.25) is 0 Å². The summed E-state index contributed by atoms with van der Waals surface area (Å²) in [4.78, 5) is 5.40. The fourth-order valence-electron chi connectivity index (χ4n) is 3.87. The number of benzene rings is 3. The zero-order chi connectivity index (χ0) is 24.5. The number of furan rings is 1. The summed E-state index contributed by atoms with van der Waals surface area (Å²) in [5, 5.41) is 5.19. The van der Waals surface area contributed by atoms with Gasteiger partial charge in [-0.15, -0.1) is 5.10 Å². The fourth-order valence-corrected chi connectivity index (χ4v) is 5.08. The molecule has 0 aliphatic rings. The number of aromatic nitrogens is 3. The lowest BCUT2D eigenvalue weighted by Crippen LogP contribution is -1.99. The van der Waals surface area contributed by atoms with Gasteiger partial charge in [-0.05, 0) is 45.3 Å². The minimum absolute atomic E-state index is 0.365. The van der Waals surface area contributed by atoms with Crippen molar-refractivity contribution < 1.29 is 18.6 Å². The molecule has 0 bridgehead atoms. The molecule has 9 heteroatoms. The second kappa shape index (κ2) is 9.67. The smallest absolute Gasteiger partial charge is 0.213 e. The first-order valence-corrected chi connectivity index (χ1v) is 12.8. The Balaban J connectivity index is 1.23. The van der Waals surface area contributed by atoms with E-state index < -0.39 is 0 Å². The Bertz CT molecular complexity index is 1630. The van der Waals surface area contributed by atoms with Gasteiger partial charge in [-0.2, -0.15) is 0 Å². The summed E-state index contributed by atoms with van der Waals surface area (Å²) in [7, 11) is 1.62. The monoisotopic (exact) mass is 561 g/mol. The van der Waals surface area contributed by atoms with E-state index in [9.17, 15) is 0 Å². The molecule has 6 rings (SSSR count). The van der Waals surface area contributed by atoms with Crippen LogP contribution in [0.2, 0.25) is 0 Å². The predicted molar refractivity (Wildman–Crippen MR) is 142 cm³/mol. The molecule has 0 unspecified atom stereocenters. The standard InChI is InChI=1S/C27H20BrN3O4S/c1-32-20-11-23(34-16-18-8-5-9-19(10-18)33-15-17-6-3-2-4-7-17)21-13-25(35-24(21)12-20)22-14-31-27(29-22)36-26(28)30-31/h2-14H,15-16H2,1H3. The Hall–Kier alpha value is -3.82. The van der Waals surface area contributed by atoms with Crippen LogP contribution in [0.5, 0.6) is 17.2 Å². The van der Waals surface area contributed by atoms with E-state index in [1.165, 1.54) is 11.3 Å². The Morgan fingerprint density at radius 1 is 0.917 bits per heavy atom. The highest BCUT2D eigenvalue weighted by molar-refractivity contribution is 9.11. The lowest BCUT2D eigenvalue weighted by atomic mass is 10.2. The van der Waals surface area contributed by atoms with Crippen LogP contribution in [0.4, 0.5) is 0 Å². The molecule has 3 heterocycles. The summed E-state index contributed by atoms with van der Waals surface area (Å²) in [5.74, 6) is 2.74. The second-order valence-corrected chi connectivity index (χ2v) is 10.3. The molecule has 0 fully saturated rings. The number of hydrogen-bond acceptors (Lipinski definition) is 7. The summed E-state index contributed by atoms with van der Waals surface area (Å²) in [6.45, 7) is 0.876. The highest BCUT2D eigenvalue weighted by Crippen LogP contribution is 2.37. The van der Waals surface area contributed by atoms with Crippen LogP contribution in [-0.4, -0.2) is 21.7 Å². The van der Waals surface area contributed by atoms with Crippen molar-refractivity contribution in [3.63, 3.8) is 0 Å². The maximum atomic E-state index is 6.24. The van der Waals surface area contributed by atoms with Gasteiger partial charge >= 0.3 is 0 Å². The van der Waals surface area contributed by atoms with Crippen molar-refractivity contribution in [1.82, 2.24) is 14.6 Å². The third-order valence-electron chi connectivity index (χ3n) is 5.62. The van der Waals surface area contributed by atoms with Gasteiger partial charge in [-0.25, -0.2) is 9.50 Å². The lowest BCUT2D eigenvalue weighted by molar-refractivity contribution is 0.296. The molecule has 36 heavy (non-hydrogen) atoms. The molecule has 0 atom stereocenters. The number of ether oxygens (including phenoxy) is 3. The van der Waals surface area contributed by atoms with E-state index in [1.54, 1.807) is 11.6 Å². The zero-order valence-corrected chi connectivity index (χ0v) is 21.6. The average molecular weight is 562 g/mol. The topological polar surface area (TPSA) is 71.0 Å². The third-order valence-corrected chi connectivity index (χ3v) is 6.98. The normalized spacial score (nSPS) is 11.3. The third kappa shape index (κ3) is 4.67. The molecule has 7 nitrogen and oxygen atoms in total. The molecule has 0 N–H and O–H groups in total. The van der Waals surface area contributed by atoms with Crippen LogP contribution in [0.1, 0.15) is 11.1 Å². The van der Waals surface area contributed by atoms with Crippen molar-refractivity contribution in [2.75, 3.05) is 7.11 Å². The van der Waals surface area contributed by atoms with Crippen LogP contribution in [0, 0.1) is 0 Å².